The van der Waals surface area contributed by atoms with Gasteiger partial charge in [-0.3, -0.25) is 9.48 Å². The van der Waals surface area contributed by atoms with Gasteiger partial charge in [-0.2, -0.15) is 18.3 Å². The molecule has 10 heteroatoms. The third-order valence-corrected chi connectivity index (χ3v) is 3.54. The summed E-state index contributed by atoms with van der Waals surface area (Å²) in [6.45, 7) is 1.89. The highest BCUT2D eigenvalue weighted by Crippen LogP contribution is 2.29. The SMILES string of the molecule is Cc1nn(C)cc1C(=O)N1CCn2c(nnc2C(F)(F)F)C1. The van der Waals surface area contributed by atoms with Gasteiger partial charge in [0.2, 0.25) is 5.82 Å². The Morgan fingerprint density at radius 3 is 2.59 bits per heavy atom. The molecule has 3 rings (SSSR count). The van der Waals surface area contributed by atoms with E-state index >= 15 is 0 Å². The molecule has 0 saturated heterocycles. The van der Waals surface area contributed by atoms with E-state index in [0.29, 0.717) is 11.3 Å². The summed E-state index contributed by atoms with van der Waals surface area (Å²) in [7, 11) is 1.70. The van der Waals surface area contributed by atoms with Crippen LogP contribution in [0, 0.1) is 6.92 Å². The summed E-state index contributed by atoms with van der Waals surface area (Å²) < 4.78 is 40.9. The van der Waals surface area contributed by atoms with Crippen molar-refractivity contribution in [3.63, 3.8) is 0 Å². The molecule has 1 amide bonds. The summed E-state index contributed by atoms with van der Waals surface area (Å²) in [5.41, 5.74) is 1.02. The molecule has 0 radical (unpaired) electrons. The fourth-order valence-corrected chi connectivity index (χ4v) is 2.52. The van der Waals surface area contributed by atoms with Crippen LogP contribution in [-0.2, 0) is 26.3 Å². The smallest absolute Gasteiger partial charge is 0.329 e. The number of halogens is 3. The second-order valence-corrected chi connectivity index (χ2v) is 5.12. The van der Waals surface area contributed by atoms with Crippen molar-refractivity contribution in [2.24, 2.45) is 7.05 Å². The average molecular weight is 314 g/mol. The highest BCUT2D eigenvalue weighted by Gasteiger charge is 2.40. The predicted octanol–water partition coefficient (Wildman–Crippen LogP) is 0.995. The van der Waals surface area contributed by atoms with Gasteiger partial charge in [-0.15, -0.1) is 10.2 Å². The van der Waals surface area contributed by atoms with E-state index in [-0.39, 0.29) is 31.4 Å². The van der Waals surface area contributed by atoms with Crippen LogP contribution < -0.4 is 0 Å². The Morgan fingerprint density at radius 1 is 1.27 bits per heavy atom. The van der Waals surface area contributed by atoms with Gasteiger partial charge >= 0.3 is 6.18 Å². The maximum atomic E-state index is 12.8. The molecule has 22 heavy (non-hydrogen) atoms. The molecule has 0 unspecified atom stereocenters. The molecule has 0 spiro atoms. The first-order chi connectivity index (χ1) is 10.3. The zero-order valence-electron chi connectivity index (χ0n) is 11.9. The number of carbonyl (C=O) groups is 1. The lowest BCUT2D eigenvalue weighted by atomic mass is 10.2. The molecule has 2 aromatic rings. The van der Waals surface area contributed by atoms with Crippen LogP contribution in [0.25, 0.3) is 0 Å². The number of aromatic nitrogens is 5. The highest BCUT2D eigenvalue weighted by molar-refractivity contribution is 5.95. The lowest BCUT2D eigenvalue weighted by Crippen LogP contribution is -2.39. The van der Waals surface area contributed by atoms with Gasteiger partial charge in [-0.05, 0) is 6.92 Å². The first-order valence-electron chi connectivity index (χ1n) is 6.56. The molecule has 0 aromatic carbocycles. The first kappa shape index (κ1) is 14.5. The Hall–Kier alpha value is -2.39. The predicted molar refractivity (Wildman–Crippen MR) is 67.7 cm³/mol. The van der Waals surface area contributed by atoms with Gasteiger partial charge in [0, 0.05) is 26.3 Å². The van der Waals surface area contributed by atoms with Crippen molar-refractivity contribution in [1.29, 1.82) is 0 Å². The van der Waals surface area contributed by atoms with Crippen LogP contribution in [0.5, 0.6) is 0 Å². The van der Waals surface area contributed by atoms with E-state index in [2.05, 4.69) is 15.3 Å². The molecule has 0 aliphatic carbocycles. The first-order valence-corrected chi connectivity index (χ1v) is 6.56. The van der Waals surface area contributed by atoms with Crippen molar-refractivity contribution < 1.29 is 18.0 Å². The van der Waals surface area contributed by atoms with Crippen molar-refractivity contribution in [2.75, 3.05) is 6.54 Å². The van der Waals surface area contributed by atoms with E-state index in [1.807, 2.05) is 0 Å². The fourth-order valence-electron chi connectivity index (χ4n) is 2.52. The molecule has 0 bridgehead atoms. The number of alkyl halides is 3. The summed E-state index contributed by atoms with van der Waals surface area (Å²) in [6, 6.07) is 0. The number of hydrogen-bond donors (Lipinski definition) is 0. The van der Waals surface area contributed by atoms with Crippen molar-refractivity contribution in [3.8, 4) is 0 Å². The van der Waals surface area contributed by atoms with Crippen molar-refractivity contribution in [2.45, 2.75) is 26.2 Å². The third-order valence-electron chi connectivity index (χ3n) is 3.54. The maximum absolute atomic E-state index is 12.8. The molecule has 0 N–H and O–H groups in total. The highest BCUT2D eigenvalue weighted by atomic mass is 19.4. The summed E-state index contributed by atoms with van der Waals surface area (Å²) in [6.07, 6.45) is -2.95. The van der Waals surface area contributed by atoms with Gasteiger partial charge in [0.25, 0.3) is 5.91 Å². The van der Waals surface area contributed by atoms with Gasteiger partial charge in [0.05, 0.1) is 17.8 Å². The zero-order chi connectivity index (χ0) is 16.1. The number of nitrogens with zero attached hydrogens (tertiary/aromatic N) is 6. The molecule has 0 atom stereocenters. The molecular formula is C12H13F3N6O. The number of carbonyl (C=O) groups excluding carboxylic acids is 1. The van der Waals surface area contributed by atoms with Crippen LogP contribution >= 0.6 is 0 Å². The second-order valence-electron chi connectivity index (χ2n) is 5.12. The van der Waals surface area contributed by atoms with E-state index in [0.717, 1.165) is 4.57 Å². The monoisotopic (exact) mass is 314 g/mol. The molecule has 2 aromatic heterocycles. The standard InChI is InChI=1S/C12H13F3N6O/c1-7-8(5-19(2)18-7)10(22)20-3-4-21-9(6-20)16-17-11(21)12(13,14)15/h5H,3-4,6H2,1-2H3. The number of amides is 1. The largest absolute Gasteiger partial charge is 0.451 e. The van der Waals surface area contributed by atoms with Crippen LogP contribution in [-0.4, -0.2) is 41.9 Å². The van der Waals surface area contributed by atoms with Gasteiger partial charge in [0.15, 0.2) is 5.82 Å². The van der Waals surface area contributed by atoms with Crippen molar-refractivity contribution >= 4 is 5.91 Å². The Kier molecular flexibility index (Phi) is 3.18. The van der Waals surface area contributed by atoms with Crippen LogP contribution in [0.4, 0.5) is 13.2 Å². The number of hydrogen-bond acceptors (Lipinski definition) is 4. The average Bonchev–Trinajstić information content (AvgIpc) is 2.99. The quantitative estimate of drug-likeness (QED) is 0.787. The molecular weight excluding hydrogens is 301 g/mol. The van der Waals surface area contributed by atoms with Gasteiger partial charge in [-0.25, -0.2) is 0 Å². The summed E-state index contributed by atoms with van der Waals surface area (Å²) in [4.78, 5) is 13.9. The summed E-state index contributed by atoms with van der Waals surface area (Å²) >= 11 is 0. The molecule has 1 aliphatic rings. The molecule has 1 aliphatic heterocycles. The van der Waals surface area contributed by atoms with Gasteiger partial charge < -0.3 is 9.47 Å². The molecule has 7 nitrogen and oxygen atoms in total. The Balaban J connectivity index is 1.85. The minimum Gasteiger partial charge on any atom is -0.329 e. The minimum absolute atomic E-state index is 0.00372. The number of rotatable bonds is 1. The minimum atomic E-state index is -4.54. The van der Waals surface area contributed by atoms with Crippen LogP contribution in [0.3, 0.4) is 0 Å². The molecule has 0 saturated carbocycles. The Labute approximate surface area is 123 Å². The molecule has 3 heterocycles. The second kappa shape index (κ2) is 4.82. The van der Waals surface area contributed by atoms with E-state index < -0.39 is 12.0 Å². The Morgan fingerprint density at radius 2 is 2.00 bits per heavy atom. The zero-order valence-corrected chi connectivity index (χ0v) is 11.9. The number of aryl methyl sites for hydroxylation is 2. The fraction of sp³-hybridized carbons (Fsp3) is 0.500. The van der Waals surface area contributed by atoms with E-state index in [1.165, 1.54) is 9.58 Å². The van der Waals surface area contributed by atoms with Gasteiger partial charge in [-0.1, -0.05) is 0 Å². The van der Waals surface area contributed by atoms with Crippen LogP contribution in [0.1, 0.15) is 27.7 Å². The van der Waals surface area contributed by atoms with Crippen LogP contribution in [0.15, 0.2) is 6.20 Å². The van der Waals surface area contributed by atoms with E-state index in [4.69, 9.17) is 0 Å². The maximum Gasteiger partial charge on any atom is 0.451 e. The molecule has 118 valence electrons. The van der Waals surface area contributed by atoms with Crippen molar-refractivity contribution in [3.05, 3.63) is 29.1 Å². The molecule has 0 fully saturated rings. The Bertz CT molecular complexity index is 732. The summed E-state index contributed by atoms with van der Waals surface area (Å²) in [5, 5.41) is 10.8. The van der Waals surface area contributed by atoms with Gasteiger partial charge in [0.1, 0.15) is 0 Å². The lowest BCUT2D eigenvalue weighted by Gasteiger charge is -2.27. The topological polar surface area (TPSA) is 68.8 Å². The van der Waals surface area contributed by atoms with Crippen LogP contribution in [0.2, 0.25) is 0 Å². The number of fused-ring (bicyclic) bond motifs is 1. The van der Waals surface area contributed by atoms with Crippen molar-refractivity contribution in [1.82, 2.24) is 29.4 Å². The van der Waals surface area contributed by atoms with E-state index in [1.54, 1.807) is 20.2 Å². The summed E-state index contributed by atoms with van der Waals surface area (Å²) in [5.74, 6) is -1.16. The van der Waals surface area contributed by atoms with E-state index in [9.17, 15) is 18.0 Å². The normalized spacial score (nSPS) is 15.0. The third kappa shape index (κ3) is 2.34. The lowest BCUT2D eigenvalue weighted by molar-refractivity contribution is -0.147.